The van der Waals surface area contributed by atoms with E-state index in [0.717, 1.165) is 23.4 Å². The van der Waals surface area contributed by atoms with Crippen molar-refractivity contribution in [1.29, 1.82) is 5.41 Å². The molecule has 1 aliphatic heterocycles. The van der Waals surface area contributed by atoms with Crippen LogP contribution in [0.2, 0.25) is 0 Å². The van der Waals surface area contributed by atoms with Crippen LogP contribution in [0, 0.1) is 5.41 Å². The summed E-state index contributed by atoms with van der Waals surface area (Å²) >= 11 is 0. The van der Waals surface area contributed by atoms with E-state index in [4.69, 9.17) is 14.9 Å². The Morgan fingerprint density at radius 1 is 0.946 bits per heavy atom. The van der Waals surface area contributed by atoms with Crippen molar-refractivity contribution in [2.24, 2.45) is 0 Å². The molecule has 0 saturated heterocycles. The summed E-state index contributed by atoms with van der Waals surface area (Å²) in [4.78, 5) is 13.9. The minimum Gasteiger partial charge on any atom is -0.497 e. The molecule has 0 saturated carbocycles. The number of methoxy groups -OCH3 is 1. The maximum atomic E-state index is 13.9. The van der Waals surface area contributed by atoms with Gasteiger partial charge in [-0.15, -0.1) is 0 Å². The molecule has 3 N–H and O–H groups in total. The van der Waals surface area contributed by atoms with Gasteiger partial charge in [0.2, 0.25) is 0 Å². The lowest BCUT2D eigenvalue weighted by Gasteiger charge is -2.11. The summed E-state index contributed by atoms with van der Waals surface area (Å²) in [6, 6.07) is 22.3. The highest BCUT2D eigenvalue weighted by molar-refractivity contribution is 6.04. The molecular formula is C29H29N5O3. The number of aromatic nitrogens is 2. The minimum atomic E-state index is -0.257. The molecule has 0 bridgehead atoms. The van der Waals surface area contributed by atoms with Crippen LogP contribution < -0.4 is 25.8 Å². The molecule has 0 radical (unpaired) electrons. The zero-order valence-corrected chi connectivity index (χ0v) is 21.0. The van der Waals surface area contributed by atoms with Crippen LogP contribution in [0.25, 0.3) is 11.4 Å². The third-order valence-corrected chi connectivity index (χ3v) is 6.39. The standard InChI is InChI=1S/C29H29N5O3/c1-4-19-16-26(30)27-28(32-18-19)34(22-7-5-6-20(17-22)31-2)29(35)33(27)21-8-10-24(11-9-21)37-25-14-12-23(36-3)13-15-25/h5-15,17-18,30-32H,4,16H2,1-3H3. The van der Waals surface area contributed by atoms with Crippen LogP contribution in [0.5, 0.6) is 17.2 Å². The van der Waals surface area contributed by atoms with Gasteiger partial charge < -0.3 is 25.5 Å². The maximum Gasteiger partial charge on any atom is 0.339 e. The summed E-state index contributed by atoms with van der Waals surface area (Å²) in [6.45, 7) is 2.07. The molecule has 4 aromatic rings. The van der Waals surface area contributed by atoms with Gasteiger partial charge in [-0.25, -0.2) is 9.36 Å². The summed E-state index contributed by atoms with van der Waals surface area (Å²) in [5.41, 5.74) is 4.01. The van der Waals surface area contributed by atoms with Crippen LogP contribution >= 0.6 is 0 Å². The number of hydrogen-bond donors (Lipinski definition) is 3. The van der Waals surface area contributed by atoms with Crippen molar-refractivity contribution >= 4 is 17.2 Å². The Kier molecular flexibility index (Phi) is 6.55. The zero-order valence-electron chi connectivity index (χ0n) is 21.0. The van der Waals surface area contributed by atoms with Gasteiger partial charge in [0.05, 0.1) is 24.2 Å². The number of rotatable bonds is 7. The molecule has 8 nitrogen and oxygen atoms in total. The summed E-state index contributed by atoms with van der Waals surface area (Å²) in [5, 5.41) is 15.4. The van der Waals surface area contributed by atoms with Gasteiger partial charge in [-0.05, 0) is 78.7 Å². The molecule has 0 spiro atoms. The van der Waals surface area contributed by atoms with E-state index in [-0.39, 0.29) is 5.69 Å². The van der Waals surface area contributed by atoms with Gasteiger partial charge in [-0.1, -0.05) is 13.0 Å². The van der Waals surface area contributed by atoms with E-state index in [1.807, 2.05) is 86.0 Å². The van der Waals surface area contributed by atoms with Crippen molar-refractivity contribution < 1.29 is 9.47 Å². The van der Waals surface area contributed by atoms with Crippen LogP contribution in [0.4, 0.5) is 11.5 Å². The molecule has 8 heteroatoms. The highest BCUT2D eigenvalue weighted by Crippen LogP contribution is 2.30. The van der Waals surface area contributed by atoms with Gasteiger partial charge in [0.1, 0.15) is 28.8 Å². The summed E-state index contributed by atoms with van der Waals surface area (Å²) in [6.07, 6.45) is 3.19. The van der Waals surface area contributed by atoms with E-state index < -0.39 is 0 Å². The Morgan fingerprint density at radius 3 is 2.27 bits per heavy atom. The molecule has 1 aromatic heterocycles. The van der Waals surface area contributed by atoms with Gasteiger partial charge in [0, 0.05) is 25.4 Å². The molecule has 5 rings (SSSR count). The van der Waals surface area contributed by atoms with Crippen molar-refractivity contribution in [3.63, 3.8) is 0 Å². The molecule has 1 aliphatic rings. The van der Waals surface area contributed by atoms with E-state index >= 15 is 0 Å². The molecule has 37 heavy (non-hydrogen) atoms. The number of nitrogens with zero attached hydrogens (tertiary/aromatic N) is 2. The zero-order chi connectivity index (χ0) is 25.9. The smallest absolute Gasteiger partial charge is 0.339 e. The Labute approximate surface area is 215 Å². The summed E-state index contributed by atoms with van der Waals surface area (Å²) in [7, 11) is 3.46. The van der Waals surface area contributed by atoms with E-state index in [2.05, 4.69) is 17.6 Å². The largest absolute Gasteiger partial charge is 0.497 e. The van der Waals surface area contributed by atoms with Crippen molar-refractivity contribution in [3.8, 4) is 28.6 Å². The molecule has 0 amide bonds. The lowest BCUT2D eigenvalue weighted by atomic mass is 10.1. The third kappa shape index (κ3) is 4.61. The highest BCUT2D eigenvalue weighted by atomic mass is 16.5. The molecule has 2 heterocycles. The Morgan fingerprint density at radius 2 is 1.62 bits per heavy atom. The van der Waals surface area contributed by atoms with Crippen LogP contribution in [-0.2, 0) is 0 Å². The molecule has 0 aliphatic carbocycles. The predicted octanol–water partition coefficient (Wildman–Crippen LogP) is 5.95. The second kappa shape index (κ2) is 10.1. The normalized spacial score (nSPS) is 12.7. The van der Waals surface area contributed by atoms with Crippen LogP contribution in [0.3, 0.4) is 0 Å². The number of imidazole rings is 1. The Hall–Kier alpha value is -4.72. The van der Waals surface area contributed by atoms with Crippen molar-refractivity contribution in [2.45, 2.75) is 19.8 Å². The second-order valence-electron chi connectivity index (χ2n) is 8.68. The van der Waals surface area contributed by atoms with Crippen molar-refractivity contribution in [3.05, 3.63) is 101 Å². The summed E-state index contributed by atoms with van der Waals surface area (Å²) in [5.74, 6) is 2.64. The topological polar surface area (TPSA) is 93.3 Å². The SMILES string of the molecule is CCC1=CNc2c(n(-c3ccc(Oc4ccc(OC)cc4)cc3)c(=O)n2-c2cccc(NC)c2)C(=N)C1. The maximum absolute atomic E-state index is 13.9. The van der Waals surface area contributed by atoms with E-state index in [0.29, 0.717) is 46.5 Å². The van der Waals surface area contributed by atoms with Crippen LogP contribution in [0.1, 0.15) is 25.5 Å². The monoisotopic (exact) mass is 495 g/mol. The lowest BCUT2D eigenvalue weighted by molar-refractivity contribution is 0.413. The van der Waals surface area contributed by atoms with Crippen molar-refractivity contribution in [1.82, 2.24) is 9.13 Å². The quantitative estimate of drug-likeness (QED) is 0.295. The van der Waals surface area contributed by atoms with Gasteiger partial charge in [-0.3, -0.25) is 4.57 Å². The third-order valence-electron chi connectivity index (χ3n) is 6.39. The van der Waals surface area contributed by atoms with E-state index in [1.165, 1.54) is 0 Å². The number of ether oxygens (including phenoxy) is 2. The number of nitrogens with one attached hydrogen (secondary N) is 3. The molecule has 3 aromatic carbocycles. The first-order valence-corrected chi connectivity index (χ1v) is 12.1. The number of allylic oxidation sites excluding steroid dienone is 1. The first-order valence-electron chi connectivity index (χ1n) is 12.1. The lowest BCUT2D eigenvalue weighted by Crippen LogP contribution is -2.24. The number of anilines is 2. The molecule has 0 unspecified atom stereocenters. The van der Waals surface area contributed by atoms with Gasteiger partial charge in [0.15, 0.2) is 0 Å². The summed E-state index contributed by atoms with van der Waals surface area (Å²) < 4.78 is 14.4. The van der Waals surface area contributed by atoms with Gasteiger partial charge in [0.25, 0.3) is 0 Å². The van der Waals surface area contributed by atoms with Crippen LogP contribution in [0.15, 0.2) is 89.4 Å². The van der Waals surface area contributed by atoms with Crippen LogP contribution in [-0.4, -0.2) is 29.0 Å². The van der Waals surface area contributed by atoms with Gasteiger partial charge in [-0.2, -0.15) is 0 Å². The molecule has 0 atom stereocenters. The fourth-order valence-corrected chi connectivity index (χ4v) is 4.40. The minimum absolute atomic E-state index is 0.257. The fraction of sp³-hybridized carbons (Fsp3) is 0.172. The molecule has 188 valence electrons. The van der Waals surface area contributed by atoms with E-state index in [1.54, 1.807) is 16.2 Å². The van der Waals surface area contributed by atoms with Crippen molar-refractivity contribution in [2.75, 3.05) is 24.8 Å². The fourth-order valence-electron chi connectivity index (χ4n) is 4.40. The molecule has 0 fully saturated rings. The number of hydrogen-bond acceptors (Lipinski definition) is 6. The number of benzene rings is 3. The first-order chi connectivity index (χ1) is 18.0. The number of fused-ring (bicyclic) bond motifs is 1. The molecular weight excluding hydrogens is 466 g/mol. The Bertz CT molecular complexity index is 1530. The highest BCUT2D eigenvalue weighted by Gasteiger charge is 2.27. The first kappa shape index (κ1) is 24.0. The average molecular weight is 496 g/mol. The second-order valence-corrected chi connectivity index (χ2v) is 8.68. The predicted molar refractivity (Wildman–Crippen MR) is 147 cm³/mol. The van der Waals surface area contributed by atoms with Gasteiger partial charge >= 0.3 is 5.69 Å². The Balaban J connectivity index is 1.59. The van der Waals surface area contributed by atoms with E-state index in [9.17, 15) is 4.79 Å². The average Bonchev–Trinajstić information content (AvgIpc) is 3.13.